The summed E-state index contributed by atoms with van der Waals surface area (Å²) in [6, 6.07) is 23.1. The number of halogens is 2. The lowest BCUT2D eigenvalue weighted by molar-refractivity contribution is 1.44. The minimum absolute atomic E-state index is 0.533. The third kappa shape index (κ3) is 5.47. The molecule has 0 unspecified atom stereocenters. The Kier molecular flexibility index (Phi) is 7.18. The van der Waals surface area contributed by atoms with Gasteiger partial charge in [-0.05, 0) is 95.8 Å². The van der Waals surface area contributed by atoms with Crippen LogP contribution in [0.25, 0.3) is 22.3 Å². The molecule has 0 saturated heterocycles. The van der Waals surface area contributed by atoms with Crippen molar-refractivity contribution in [1.82, 2.24) is 0 Å². The third-order valence-corrected chi connectivity index (χ3v) is 5.86. The minimum atomic E-state index is 0.533. The van der Waals surface area contributed by atoms with Crippen molar-refractivity contribution in [2.45, 2.75) is 13.8 Å². The monoisotopic (exact) mass is 464 g/mol. The van der Waals surface area contributed by atoms with Gasteiger partial charge in [0.25, 0.3) is 0 Å². The van der Waals surface area contributed by atoms with Crippen molar-refractivity contribution in [1.29, 1.82) is 0 Å². The van der Waals surface area contributed by atoms with Gasteiger partial charge in [0, 0.05) is 11.4 Å². The molecule has 0 spiro atoms. The van der Waals surface area contributed by atoms with Gasteiger partial charge >= 0.3 is 0 Å². The molecule has 0 heterocycles. The Labute approximate surface area is 198 Å². The summed E-state index contributed by atoms with van der Waals surface area (Å²) in [5.41, 5.74) is 32.1. The van der Waals surface area contributed by atoms with Crippen LogP contribution in [0.4, 0.5) is 22.7 Å². The van der Waals surface area contributed by atoms with Crippen LogP contribution in [-0.4, -0.2) is 0 Å². The van der Waals surface area contributed by atoms with Gasteiger partial charge in [0.15, 0.2) is 0 Å². The van der Waals surface area contributed by atoms with Gasteiger partial charge < -0.3 is 22.9 Å². The van der Waals surface area contributed by atoms with E-state index in [0.29, 0.717) is 21.4 Å². The number of nitrogens with two attached hydrogens (primary N) is 4. The fraction of sp³-hybridized carbons (Fsp3) is 0.0769. The molecule has 8 N–H and O–H groups in total. The van der Waals surface area contributed by atoms with Crippen molar-refractivity contribution >= 4 is 46.0 Å². The fourth-order valence-corrected chi connectivity index (χ4v) is 3.49. The Morgan fingerprint density at radius 2 is 0.719 bits per heavy atom. The predicted molar refractivity (Wildman–Crippen MR) is 141 cm³/mol. The number of nitrogen functional groups attached to an aromatic ring is 4. The number of rotatable bonds is 2. The van der Waals surface area contributed by atoms with Crippen molar-refractivity contribution < 1.29 is 0 Å². The van der Waals surface area contributed by atoms with Crippen molar-refractivity contribution in [3.63, 3.8) is 0 Å². The lowest BCUT2D eigenvalue weighted by Crippen LogP contribution is -1.91. The number of hydrogen-bond donors (Lipinski definition) is 4. The summed E-state index contributed by atoms with van der Waals surface area (Å²) < 4.78 is 0. The van der Waals surface area contributed by atoms with Crippen LogP contribution in [0.1, 0.15) is 11.1 Å². The zero-order chi connectivity index (χ0) is 23.4. The number of aryl methyl sites for hydroxylation is 2. The summed E-state index contributed by atoms with van der Waals surface area (Å²) in [5, 5.41) is 1.07. The van der Waals surface area contributed by atoms with Gasteiger partial charge in [-0.15, -0.1) is 0 Å². The molecule has 0 aliphatic rings. The molecule has 0 radical (unpaired) electrons. The lowest BCUT2D eigenvalue weighted by Gasteiger charge is -2.07. The van der Waals surface area contributed by atoms with Crippen LogP contribution in [-0.2, 0) is 0 Å². The van der Waals surface area contributed by atoms with E-state index in [-0.39, 0.29) is 0 Å². The summed E-state index contributed by atoms with van der Waals surface area (Å²) in [7, 11) is 0. The molecule has 4 aromatic rings. The van der Waals surface area contributed by atoms with Crippen molar-refractivity contribution in [3.8, 4) is 22.3 Å². The quantitative estimate of drug-likeness (QED) is 0.240. The van der Waals surface area contributed by atoms with E-state index in [1.54, 1.807) is 24.3 Å². The van der Waals surface area contributed by atoms with Crippen LogP contribution < -0.4 is 22.9 Å². The normalized spacial score (nSPS) is 10.4. The van der Waals surface area contributed by atoms with Gasteiger partial charge in [0.05, 0.1) is 21.4 Å². The molecule has 32 heavy (non-hydrogen) atoms. The highest BCUT2D eigenvalue weighted by molar-refractivity contribution is 6.34. The molecule has 6 heteroatoms. The average Bonchev–Trinajstić information content (AvgIpc) is 2.76. The Morgan fingerprint density at radius 3 is 1.00 bits per heavy atom. The number of benzene rings is 4. The fourth-order valence-electron chi connectivity index (χ4n) is 3.12. The van der Waals surface area contributed by atoms with Crippen LogP contribution >= 0.6 is 23.2 Å². The maximum absolute atomic E-state index is 5.95. The Bertz CT molecular complexity index is 1070. The molecule has 0 aromatic heterocycles. The van der Waals surface area contributed by atoms with Crippen LogP contribution in [0.15, 0.2) is 72.8 Å². The summed E-state index contributed by atoms with van der Waals surface area (Å²) >= 11 is 11.9. The van der Waals surface area contributed by atoms with Gasteiger partial charge in [0.1, 0.15) is 0 Å². The third-order valence-electron chi connectivity index (χ3n) is 5.21. The standard InChI is InChI=1S/C14H16N2.C12H10Cl2N2/c1-9-7-11(3-5-13(9)15)12-4-6-14(16)10(2)8-12;13-9-5-7(1-3-11(9)15)8-2-4-12(16)10(14)6-8/h3-8H,15-16H2,1-2H3;1-6H,15-16H2. The first-order chi connectivity index (χ1) is 15.2. The first kappa shape index (κ1) is 23.3. The smallest absolute Gasteiger partial charge is 0.0641 e. The van der Waals surface area contributed by atoms with Crippen LogP contribution in [0.3, 0.4) is 0 Å². The summed E-state index contributed by atoms with van der Waals surface area (Å²) in [6.07, 6.45) is 0. The molecule has 164 valence electrons. The SMILES string of the molecule is Cc1cc(-c2ccc(N)c(C)c2)ccc1N.Nc1ccc(-c2ccc(N)c(Cl)c2)cc1Cl. The molecule has 0 bridgehead atoms. The average molecular weight is 465 g/mol. The van der Waals surface area contributed by atoms with Crippen LogP contribution in [0, 0.1) is 13.8 Å². The highest BCUT2D eigenvalue weighted by atomic mass is 35.5. The Hall–Kier alpha value is -3.34. The van der Waals surface area contributed by atoms with Crippen LogP contribution in [0.5, 0.6) is 0 Å². The van der Waals surface area contributed by atoms with Gasteiger partial charge in [-0.3, -0.25) is 0 Å². The molecule has 4 aromatic carbocycles. The highest BCUT2D eigenvalue weighted by Gasteiger charge is 2.04. The molecular formula is C26H26Cl2N4. The second kappa shape index (κ2) is 9.86. The largest absolute Gasteiger partial charge is 0.399 e. The first-order valence-electron chi connectivity index (χ1n) is 9.98. The van der Waals surface area contributed by atoms with Gasteiger partial charge in [-0.2, -0.15) is 0 Å². The summed E-state index contributed by atoms with van der Waals surface area (Å²) in [6.45, 7) is 4.03. The summed E-state index contributed by atoms with van der Waals surface area (Å²) in [4.78, 5) is 0. The second-order valence-electron chi connectivity index (χ2n) is 7.62. The van der Waals surface area contributed by atoms with E-state index >= 15 is 0 Å². The van der Waals surface area contributed by atoms with E-state index in [1.807, 2.05) is 50.2 Å². The Balaban J connectivity index is 0.000000181. The van der Waals surface area contributed by atoms with E-state index in [9.17, 15) is 0 Å². The van der Waals surface area contributed by atoms with E-state index in [0.717, 1.165) is 33.6 Å². The maximum atomic E-state index is 5.95. The number of anilines is 4. The molecule has 0 saturated carbocycles. The van der Waals surface area contributed by atoms with Crippen molar-refractivity contribution in [2.75, 3.05) is 22.9 Å². The van der Waals surface area contributed by atoms with E-state index in [1.165, 1.54) is 11.1 Å². The zero-order valence-corrected chi connectivity index (χ0v) is 19.5. The summed E-state index contributed by atoms with van der Waals surface area (Å²) in [5.74, 6) is 0. The second-order valence-corrected chi connectivity index (χ2v) is 8.43. The number of hydrogen-bond acceptors (Lipinski definition) is 4. The first-order valence-corrected chi connectivity index (χ1v) is 10.7. The molecule has 4 nitrogen and oxygen atoms in total. The Morgan fingerprint density at radius 1 is 0.438 bits per heavy atom. The van der Waals surface area contributed by atoms with Gasteiger partial charge in [-0.1, -0.05) is 47.5 Å². The minimum Gasteiger partial charge on any atom is -0.399 e. The highest BCUT2D eigenvalue weighted by Crippen LogP contribution is 2.30. The molecule has 4 rings (SSSR count). The van der Waals surface area contributed by atoms with Gasteiger partial charge in [0.2, 0.25) is 0 Å². The van der Waals surface area contributed by atoms with Crippen LogP contribution in [0.2, 0.25) is 10.0 Å². The topological polar surface area (TPSA) is 104 Å². The van der Waals surface area contributed by atoms with E-state index in [2.05, 4.69) is 12.1 Å². The lowest BCUT2D eigenvalue weighted by atomic mass is 10.0. The zero-order valence-electron chi connectivity index (χ0n) is 18.0. The maximum Gasteiger partial charge on any atom is 0.0641 e. The van der Waals surface area contributed by atoms with Crippen molar-refractivity contribution in [3.05, 3.63) is 94.0 Å². The van der Waals surface area contributed by atoms with E-state index < -0.39 is 0 Å². The predicted octanol–water partition coefficient (Wildman–Crippen LogP) is 6.96. The molecule has 0 aliphatic carbocycles. The van der Waals surface area contributed by atoms with Crippen molar-refractivity contribution in [2.24, 2.45) is 0 Å². The van der Waals surface area contributed by atoms with E-state index in [4.69, 9.17) is 46.1 Å². The molecule has 0 fully saturated rings. The molecule has 0 amide bonds. The molecule has 0 aliphatic heterocycles. The molecular weight excluding hydrogens is 439 g/mol. The molecule has 0 atom stereocenters. The van der Waals surface area contributed by atoms with Gasteiger partial charge in [-0.25, -0.2) is 0 Å².